The molecule has 2 aliphatic heterocycles. The number of hydrogen-bond acceptors (Lipinski definition) is 5. The Bertz CT molecular complexity index is 1210. The third kappa shape index (κ3) is 5.86. The molecule has 1 N–H and O–H groups in total. The Balaban J connectivity index is 1.73. The first-order chi connectivity index (χ1) is 17.9. The molecule has 0 aromatic heterocycles. The third-order valence-corrected chi connectivity index (χ3v) is 10.4. The van der Waals surface area contributed by atoms with Gasteiger partial charge in [-0.05, 0) is 37.1 Å². The first-order valence-corrected chi connectivity index (χ1v) is 18.2. The smallest absolute Gasteiger partial charge is 0.410 e. The molecule has 7 nitrogen and oxygen atoms in total. The van der Waals surface area contributed by atoms with Crippen LogP contribution in [0, 0.1) is 0 Å². The van der Waals surface area contributed by atoms with Crippen molar-refractivity contribution in [2.24, 2.45) is 0 Å². The van der Waals surface area contributed by atoms with Gasteiger partial charge in [0.1, 0.15) is 12.4 Å². The lowest BCUT2D eigenvalue weighted by molar-refractivity contribution is -0.123. The minimum Gasteiger partial charge on any atom is -0.598 e. The van der Waals surface area contributed by atoms with Crippen molar-refractivity contribution in [2.75, 3.05) is 24.2 Å². The standard InChI is InChI=1S/C29H39N3O4SSi/c1-21(2)19-25-23-13-10-14-24-26(23)29(27(33)31(24)3,30-37(35)17-18-38(4,5)6)15-16-32(25)28(34)36-20-22-11-8-7-9-12-22/h7-14,19,25,30H,15-18,20H2,1-6H3/t25-,29+,37?/m1/s1. The zero-order valence-corrected chi connectivity index (χ0v) is 25.1. The number of nitrogens with one attached hydrogen (secondary N) is 1. The predicted molar refractivity (Wildman–Crippen MR) is 156 cm³/mol. The van der Waals surface area contributed by atoms with Gasteiger partial charge in [0, 0.05) is 50.7 Å². The van der Waals surface area contributed by atoms with E-state index in [0.29, 0.717) is 12.2 Å². The molecule has 0 saturated heterocycles. The summed E-state index contributed by atoms with van der Waals surface area (Å²) in [6, 6.07) is 15.9. The topological polar surface area (TPSA) is 84.9 Å². The highest BCUT2D eigenvalue weighted by atomic mass is 32.2. The molecule has 2 aliphatic rings. The van der Waals surface area contributed by atoms with Gasteiger partial charge in [0.25, 0.3) is 5.91 Å². The van der Waals surface area contributed by atoms with E-state index >= 15 is 0 Å². The molecular weight excluding hydrogens is 514 g/mol. The summed E-state index contributed by atoms with van der Waals surface area (Å²) in [7, 11) is 0.349. The highest BCUT2D eigenvalue weighted by Crippen LogP contribution is 2.49. The Kier molecular flexibility index (Phi) is 8.42. The highest BCUT2D eigenvalue weighted by Gasteiger charge is 2.56. The van der Waals surface area contributed by atoms with Crippen molar-refractivity contribution in [1.29, 1.82) is 0 Å². The fraction of sp³-hybridized carbons (Fsp3) is 0.448. The highest BCUT2D eigenvalue weighted by molar-refractivity contribution is 7.89. The van der Waals surface area contributed by atoms with E-state index in [0.717, 1.165) is 34.0 Å². The van der Waals surface area contributed by atoms with E-state index in [1.807, 2.05) is 68.5 Å². The van der Waals surface area contributed by atoms with Gasteiger partial charge in [-0.25, -0.2) is 4.79 Å². The molecule has 0 bridgehead atoms. The zero-order valence-electron chi connectivity index (χ0n) is 23.2. The summed E-state index contributed by atoms with van der Waals surface area (Å²) in [5, 5.41) is 0. The average molecular weight is 554 g/mol. The quantitative estimate of drug-likeness (QED) is 0.265. The molecule has 2 heterocycles. The molecule has 3 atom stereocenters. The molecule has 2 aromatic rings. The number of likely N-dealkylation sites (N-methyl/N-ethyl adjacent to an activating group) is 1. The number of benzene rings is 2. The summed E-state index contributed by atoms with van der Waals surface area (Å²) in [4.78, 5) is 30.8. The van der Waals surface area contributed by atoms with Gasteiger partial charge in [0.2, 0.25) is 0 Å². The maximum atomic E-state index is 13.9. The van der Waals surface area contributed by atoms with E-state index in [2.05, 4.69) is 24.4 Å². The number of ether oxygens (including phenoxy) is 1. The lowest BCUT2D eigenvalue weighted by atomic mass is 9.85. The van der Waals surface area contributed by atoms with E-state index < -0.39 is 37.1 Å². The first-order valence-electron chi connectivity index (χ1n) is 13.1. The number of anilines is 1. The normalized spacial score (nSPS) is 21.6. The molecule has 2 aromatic carbocycles. The number of carbonyl (C=O) groups is 2. The lowest BCUT2D eigenvalue weighted by Crippen LogP contribution is -2.54. The van der Waals surface area contributed by atoms with E-state index in [9.17, 15) is 14.1 Å². The van der Waals surface area contributed by atoms with Crippen LogP contribution < -0.4 is 9.62 Å². The van der Waals surface area contributed by atoms with Crippen LogP contribution in [-0.2, 0) is 33.0 Å². The number of carbonyl (C=O) groups excluding carboxylic acids is 2. The van der Waals surface area contributed by atoms with Crippen LogP contribution in [0.3, 0.4) is 0 Å². The number of hydrogen-bond donors (Lipinski definition) is 1. The Morgan fingerprint density at radius 3 is 2.55 bits per heavy atom. The number of allylic oxidation sites excluding steroid dienone is 1. The van der Waals surface area contributed by atoms with E-state index in [1.54, 1.807) is 16.8 Å². The molecule has 9 heteroatoms. The van der Waals surface area contributed by atoms with E-state index in [4.69, 9.17) is 4.74 Å². The number of rotatable bonds is 8. The van der Waals surface area contributed by atoms with Gasteiger partial charge in [-0.1, -0.05) is 73.8 Å². The minimum atomic E-state index is -1.42. The van der Waals surface area contributed by atoms with Crippen LogP contribution in [0.4, 0.5) is 10.5 Å². The molecule has 0 fully saturated rings. The van der Waals surface area contributed by atoms with Crippen molar-refractivity contribution in [3.05, 3.63) is 76.9 Å². The summed E-state index contributed by atoms with van der Waals surface area (Å²) >= 11 is -1.41. The van der Waals surface area contributed by atoms with Crippen LogP contribution in [0.15, 0.2) is 60.2 Å². The SMILES string of the molecule is CC(C)=C[C@@H]1c2cccc3c2[C@@](N[S+]([O-])CC[Si](C)(C)C)(CCN1C(=O)OCc1ccccc1)C(=O)N3C. The Hall–Kier alpha value is -2.59. The van der Waals surface area contributed by atoms with Gasteiger partial charge in [0.15, 0.2) is 5.54 Å². The Morgan fingerprint density at radius 2 is 1.89 bits per heavy atom. The fourth-order valence-electron chi connectivity index (χ4n) is 5.17. The summed E-state index contributed by atoms with van der Waals surface area (Å²) in [5.74, 6) is 0.350. The van der Waals surface area contributed by atoms with Gasteiger partial charge in [-0.15, -0.1) is 4.72 Å². The van der Waals surface area contributed by atoms with Crippen LogP contribution in [0.25, 0.3) is 0 Å². The number of nitrogens with zero attached hydrogens (tertiary/aromatic N) is 2. The molecular formula is C29H39N3O4SSi. The van der Waals surface area contributed by atoms with Crippen molar-refractivity contribution in [1.82, 2.24) is 9.62 Å². The maximum Gasteiger partial charge on any atom is 0.410 e. The monoisotopic (exact) mass is 553 g/mol. The van der Waals surface area contributed by atoms with Crippen LogP contribution in [-0.4, -0.2) is 48.9 Å². The molecule has 0 spiro atoms. The molecule has 204 valence electrons. The van der Waals surface area contributed by atoms with Crippen LogP contribution >= 0.6 is 0 Å². The van der Waals surface area contributed by atoms with Gasteiger partial charge in [-0.3, -0.25) is 9.69 Å². The van der Waals surface area contributed by atoms with Crippen LogP contribution in [0.5, 0.6) is 0 Å². The second kappa shape index (κ2) is 11.3. The van der Waals surface area contributed by atoms with Gasteiger partial charge < -0.3 is 14.2 Å². The van der Waals surface area contributed by atoms with E-state index in [1.165, 1.54) is 0 Å². The summed E-state index contributed by atoms with van der Waals surface area (Å²) in [6.45, 7) is 11.2. The zero-order chi connectivity index (χ0) is 27.7. The summed E-state index contributed by atoms with van der Waals surface area (Å²) in [5.41, 5.74) is 3.23. The average Bonchev–Trinajstić information content (AvgIpc) is 2.98. The molecule has 38 heavy (non-hydrogen) atoms. The molecule has 1 unspecified atom stereocenters. The molecule has 0 aliphatic carbocycles. The first kappa shape index (κ1) is 28.4. The lowest BCUT2D eigenvalue weighted by Gasteiger charge is -2.30. The van der Waals surface area contributed by atoms with Crippen molar-refractivity contribution < 1.29 is 18.9 Å². The molecule has 0 radical (unpaired) electrons. The molecule has 0 saturated carbocycles. The Morgan fingerprint density at radius 1 is 1.18 bits per heavy atom. The summed E-state index contributed by atoms with van der Waals surface area (Å²) in [6.07, 6.45) is 1.90. The van der Waals surface area contributed by atoms with Crippen molar-refractivity contribution in [3.8, 4) is 0 Å². The third-order valence-electron chi connectivity index (χ3n) is 7.17. The predicted octanol–water partition coefficient (Wildman–Crippen LogP) is 5.50. The van der Waals surface area contributed by atoms with E-state index in [-0.39, 0.29) is 19.1 Å². The number of amides is 2. The van der Waals surface area contributed by atoms with Crippen molar-refractivity contribution >= 4 is 37.1 Å². The molecule has 2 amide bonds. The van der Waals surface area contributed by atoms with Gasteiger partial charge in [-0.2, -0.15) is 0 Å². The molecule has 4 rings (SSSR count). The van der Waals surface area contributed by atoms with Crippen molar-refractivity contribution in [3.63, 3.8) is 0 Å². The minimum absolute atomic E-state index is 0.142. The van der Waals surface area contributed by atoms with Gasteiger partial charge in [0.05, 0.1) is 6.04 Å². The second-order valence-corrected chi connectivity index (χ2v) is 18.6. The Labute approximate surface area is 230 Å². The van der Waals surface area contributed by atoms with Gasteiger partial charge >= 0.3 is 6.09 Å². The van der Waals surface area contributed by atoms with Crippen molar-refractivity contribution in [2.45, 2.75) is 64.1 Å². The van der Waals surface area contributed by atoms with Crippen LogP contribution in [0.2, 0.25) is 25.7 Å². The largest absolute Gasteiger partial charge is 0.598 e. The second-order valence-electron chi connectivity index (χ2n) is 11.6. The summed E-state index contributed by atoms with van der Waals surface area (Å²) < 4.78 is 22.4. The van der Waals surface area contributed by atoms with Crippen LogP contribution in [0.1, 0.15) is 43.0 Å². The fourth-order valence-corrected chi connectivity index (χ4v) is 9.14. The maximum absolute atomic E-state index is 13.9.